The van der Waals surface area contributed by atoms with Crippen molar-refractivity contribution in [2.24, 2.45) is 0 Å². The third-order valence-electron chi connectivity index (χ3n) is 14.5. The van der Waals surface area contributed by atoms with Crippen molar-refractivity contribution in [3.8, 4) is 0 Å². The minimum absolute atomic E-state index is 0.174. The molecule has 0 aromatic carbocycles. The fraction of sp³-hybridized carbons (Fsp3) is 0.917. The monoisotopic (exact) mass is 978 g/mol. The van der Waals surface area contributed by atoms with Gasteiger partial charge in [-0.15, -0.1) is 0 Å². The summed E-state index contributed by atoms with van der Waals surface area (Å²) in [5, 5.41) is 54.6. The molecule has 1 saturated heterocycles. The van der Waals surface area contributed by atoms with Crippen LogP contribution in [0.3, 0.4) is 0 Å². The van der Waals surface area contributed by atoms with Gasteiger partial charge in [-0.25, -0.2) is 0 Å². The number of unbranched alkanes of at least 4 members (excludes halogenated alkanes) is 40. The standard InChI is InChI=1S/C60H115NO8/c1-3-5-7-9-11-13-15-17-19-21-23-25-26-27-28-29-30-32-34-36-38-40-42-44-46-48-50-56(64)61-53(52-68-60-59(67)58(66)57(65)55(51-62)69-60)54(63)49-47-45-43-41-39-37-35-33-31-24-22-20-18-16-14-12-10-8-6-4-2/h27-28,47,49,53-55,57-60,62-63,65-67H,3-26,29-46,48,50-52H2,1-2H3,(H,61,64)/b28-27-,49-47+. The van der Waals surface area contributed by atoms with Gasteiger partial charge in [0.1, 0.15) is 24.4 Å². The number of nitrogens with one attached hydrogen (secondary N) is 1. The number of amides is 1. The molecule has 1 heterocycles. The van der Waals surface area contributed by atoms with E-state index in [2.05, 4.69) is 31.3 Å². The molecule has 1 aliphatic rings. The van der Waals surface area contributed by atoms with Gasteiger partial charge in [0.25, 0.3) is 0 Å². The summed E-state index contributed by atoms with van der Waals surface area (Å²) >= 11 is 0. The van der Waals surface area contributed by atoms with Crippen LogP contribution >= 0.6 is 0 Å². The zero-order valence-electron chi connectivity index (χ0n) is 45.3. The number of aliphatic hydroxyl groups excluding tert-OH is 5. The second-order valence-corrected chi connectivity index (χ2v) is 21.1. The van der Waals surface area contributed by atoms with Gasteiger partial charge in [-0.05, 0) is 44.9 Å². The summed E-state index contributed by atoms with van der Waals surface area (Å²) in [6.45, 7) is 3.82. The predicted octanol–water partition coefficient (Wildman–Crippen LogP) is 15.0. The van der Waals surface area contributed by atoms with Crippen molar-refractivity contribution in [2.45, 2.75) is 339 Å². The molecule has 0 aromatic rings. The Morgan fingerprint density at radius 3 is 1.17 bits per heavy atom. The van der Waals surface area contributed by atoms with Crippen LogP contribution in [-0.4, -0.2) is 87.5 Å². The molecule has 1 rings (SSSR count). The van der Waals surface area contributed by atoms with Crippen LogP contribution in [0.15, 0.2) is 24.3 Å². The third kappa shape index (κ3) is 39.8. The average Bonchev–Trinajstić information content (AvgIpc) is 3.35. The highest BCUT2D eigenvalue weighted by atomic mass is 16.7. The lowest BCUT2D eigenvalue weighted by Gasteiger charge is -2.40. The van der Waals surface area contributed by atoms with E-state index < -0.39 is 49.5 Å². The molecule has 1 fully saturated rings. The van der Waals surface area contributed by atoms with E-state index >= 15 is 0 Å². The molecule has 0 bridgehead atoms. The fourth-order valence-corrected chi connectivity index (χ4v) is 9.74. The smallest absolute Gasteiger partial charge is 0.220 e. The molecule has 408 valence electrons. The van der Waals surface area contributed by atoms with Crippen LogP contribution in [0.5, 0.6) is 0 Å². The minimum Gasteiger partial charge on any atom is -0.394 e. The van der Waals surface area contributed by atoms with E-state index in [1.807, 2.05) is 6.08 Å². The molecular weight excluding hydrogens is 863 g/mol. The number of hydrogen-bond donors (Lipinski definition) is 6. The zero-order valence-corrected chi connectivity index (χ0v) is 45.3. The Balaban J connectivity index is 2.20. The topological polar surface area (TPSA) is 149 Å². The fourth-order valence-electron chi connectivity index (χ4n) is 9.74. The van der Waals surface area contributed by atoms with E-state index in [0.717, 1.165) is 38.5 Å². The third-order valence-corrected chi connectivity index (χ3v) is 14.5. The zero-order chi connectivity index (χ0) is 50.1. The van der Waals surface area contributed by atoms with Gasteiger partial charge >= 0.3 is 0 Å². The summed E-state index contributed by atoms with van der Waals surface area (Å²) in [7, 11) is 0. The van der Waals surface area contributed by atoms with E-state index in [-0.39, 0.29) is 12.5 Å². The summed E-state index contributed by atoms with van der Waals surface area (Å²) in [6, 6.07) is -0.804. The molecule has 6 N–H and O–H groups in total. The van der Waals surface area contributed by atoms with Crippen molar-refractivity contribution in [3.63, 3.8) is 0 Å². The maximum Gasteiger partial charge on any atom is 0.220 e. The molecule has 69 heavy (non-hydrogen) atoms. The molecule has 0 radical (unpaired) electrons. The molecule has 0 aromatic heterocycles. The molecular formula is C60H115NO8. The highest BCUT2D eigenvalue weighted by Crippen LogP contribution is 2.23. The Labute approximate surface area is 426 Å². The van der Waals surface area contributed by atoms with Crippen molar-refractivity contribution in [2.75, 3.05) is 13.2 Å². The van der Waals surface area contributed by atoms with Gasteiger partial charge in [0.05, 0.1) is 25.4 Å². The first-order chi connectivity index (χ1) is 33.8. The van der Waals surface area contributed by atoms with Gasteiger partial charge < -0.3 is 40.3 Å². The Morgan fingerprint density at radius 2 is 0.812 bits per heavy atom. The minimum atomic E-state index is -1.57. The highest BCUT2D eigenvalue weighted by Gasteiger charge is 2.44. The Hall–Kier alpha value is -1.33. The van der Waals surface area contributed by atoms with E-state index in [0.29, 0.717) is 6.42 Å². The van der Waals surface area contributed by atoms with Crippen molar-refractivity contribution < 1.29 is 39.8 Å². The first-order valence-corrected chi connectivity index (χ1v) is 30.1. The second kappa shape index (κ2) is 50.2. The molecule has 7 atom stereocenters. The van der Waals surface area contributed by atoms with E-state index in [4.69, 9.17) is 9.47 Å². The number of carbonyl (C=O) groups is 1. The predicted molar refractivity (Wildman–Crippen MR) is 290 cm³/mol. The molecule has 9 nitrogen and oxygen atoms in total. The van der Waals surface area contributed by atoms with Crippen molar-refractivity contribution >= 4 is 5.91 Å². The second-order valence-electron chi connectivity index (χ2n) is 21.1. The van der Waals surface area contributed by atoms with Gasteiger partial charge in [-0.3, -0.25) is 4.79 Å². The maximum absolute atomic E-state index is 13.1. The van der Waals surface area contributed by atoms with Crippen molar-refractivity contribution in [3.05, 3.63) is 24.3 Å². The Morgan fingerprint density at radius 1 is 0.478 bits per heavy atom. The van der Waals surface area contributed by atoms with E-state index in [1.54, 1.807) is 6.08 Å². The Bertz CT molecular complexity index is 1130. The van der Waals surface area contributed by atoms with Crippen molar-refractivity contribution in [1.82, 2.24) is 5.32 Å². The number of aliphatic hydroxyl groups is 5. The molecule has 7 unspecified atom stereocenters. The SMILES string of the molecule is CCCCCCCCCCCCCC/C=C\CCCCCCCCCCCCC(=O)NC(COC1OC(CO)C(O)C(O)C1O)C(O)/C=C/CCCCCCCCCCCCCCCCCCCC. The van der Waals surface area contributed by atoms with E-state index in [1.165, 1.54) is 238 Å². The summed E-state index contributed by atoms with van der Waals surface area (Å²) in [4.78, 5) is 13.1. The first kappa shape index (κ1) is 65.7. The molecule has 1 amide bonds. The van der Waals surface area contributed by atoms with Crippen LogP contribution < -0.4 is 5.32 Å². The lowest BCUT2D eigenvalue weighted by molar-refractivity contribution is -0.302. The molecule has 0 aliphatic carbocycles. The van der Waals surface area contributed by atoms with Gasteiger partial charge in [-0.2, -0.15) is 0 Å². The quantitative estimate of drug-likeness (QED) is 0.0261. The lowest BCUT2D eigenvalue weighted by Crippen LogP contribution is -2.60. The number of rotatable bonds is 52. The van der Waals surface area contributed by atoms with Crippen molar-refractivity contribution in [1.29, 1.82) is 0 Å². The van der Waals surface area contributed by atoms with Crippen LogP contribution in [-0.2, 0) is 14.3 Å². The molecule has 9 heteroatoms. The average molecular weight is 979 g/mol. The number of carbonyl (C=O) groups excluding carboxylic acids is 1. The van der Waals surface area contributed by atoms with Gasteiger partial charge in [-0.1, -0.05) is 269 Å². The number of ether oxygens (including phenoxy) is 2. The van der Waals surface area contributed by atoms with Crippen LogP contribution in [0, 0.1) is 0 Å². The van der Waals surface area contributed by atoms with Gasteiger partial charge in [0.2, 0.25) is 5.91 Å². The summed E-state index contributed by atoms with van der Waals surface area (Å²) < 4.78 is 11.3. The number of allylic oxidation sites excluding steroid dienone is 3. The van der Waals surface area contributed by atoms with Gasteiger partial charge in [0.15, 0.2) is 6.29 Å². The molecule has 0 spiro atoms. The van der Waals surface area contributed by atoms with Crippen LogP contribution in [0.25, 0.3) is 0 Å². The summed E-state index contributed by atoms with van der Waals surface area (Å²) in [5.74, 6) is -0.174. The lowest BCUT2D eigenvalue weighted by atomic mass is 9.99. The van der Waals surface area contributed by atoms with E-state index in [9.17, 15) is 30.3 Å². The maximum atomic E-state index is 13.1. The van der Waals surface area contributed by atoms with Crippen LogP contribution in [0.1, 0.15) is 296 Å². The molecule has 0 saturated carbocycles. The first-order valence-electron chi connectivity index (χ1n) is 30.1. The number of hydrogen-bond acceptors (Lipinski definition) is 8. The summed E-state index contributed by atoms with van der Waals surface area (Å²) in [5.41, 5.74) is 0. The normalized spacial score (nSPS) is 19.6. The van der Waals surface area contributed by atoms with Crippen LogP contribution in [0.2, 0.25) is 0 Å². The van der Waals surface area contributed by atoms with Crippen LogP contribution in [0.4, 0.5) is 0 Å². The molecule has 1 aliphatic heterocycles. The van der Waals surface area contributed by atoms with Gasteiger partial charge in [0, 0.05) is 6.42 Å². The Kier molecular flexibility index (Phi) is 47.8. The largest absolute Gasteiger partial charge is 0.394 e. The highest BCUT2D eigenvalue weighted by molar-refractivity contribution is 5.76. The summed E-state index contributed by atoms with van der Waals surface area (Å²) in [6.07, 6.45) is 56.7.